The first kappa shape index (κ1) is 18.6. The number of ether oxygens (including phenoxy) is 4. The fraction of sp³-hybridized carbons (Fsp3) is 0.917. The summed E-state index contributed by atoms with van der Waals surface area (Å²) in [5.74, 6) is 0. The molecule has 0 radical (unpaired) electrons. The molecule has 0 aromatic carbocycles. The minimum absolute atomic E-state index is 0. The molecule has 0 saturated carbocycles. The Kier molecular flexibility index (Phi) is 12.7. The van der Waals surface area contributed by atoms with Crippen molar-refractivity contribution in [1.82, 2.24) is 0 Å². The van der Waals surface area contributed by atoms with Crippen LogP contribution in [0.5, 0.6) is 0 Å². The molecule has 104 valence electrons. The van der Waals surface area contributed by atoms with Gasteiger partial charge in [0.15, 0.2) is 0 Å². The Hall–Kier alpha value is -0.810. The number of hydrogen-bond acceptors (Lipinski definition) is 5. The van der Waals surface area contributed by atoms with Crippen LogP contribution in [0.1, 0.15) is 35.1 Å². The highest BCUT2D eigenvalue weighted by Gasteiger charge is 2.05. The first-order chi connectivity index (χ1) is 7.52. The molecule has 0 amide bonds. The van der Waals surface area contributed by atoms with Crippen molar-refractivity contribution in [1.29, 1.82) is 0 Å². The van der Waals surface area contributed by atoms with E-state index in [2.05, 4.69) is 0 Å². The quantitative estimate of drug-likeness (QED) is 0.489. The zero-order valence-corrected chi connectivity index (χ0v) is 10.5. The molecule has 0 aliphatic heterocycles. The lowest BCUT2D eigenvalue weighted by molar-refractivity contribution is -0.00813. The van der Waals surface area contributed by atoms with Crippen LogP contribution in [0.25, 0.3) is 0 Å². The van der Waals surface area contributed by atoms with Gasteiger partial charge < -0.3 is 18.9 Å². The smallest absolute Gasteiger partial charge is 0.432 e. The summed E-state index contributed by atoms with van der Waals surface area (Å²) < 4.78 is 20.0. The predicted molar refractivity (Wildman–Crippen MR) is 66.2 cm³/mol. The van der Waals surface area contributed by atoms with Crippen molar-refractivity contribution >= 4 is 6.16 Å². The second-order valence-electron chi connectivity index (χ2n) is 3.80. The van der Waals surface area contributed by atoms with Crippen molar-refractivity contribution in [3.8, 4) is 0 Å². The summed E-state index contributed by atoms with van der Waals surface area (Å²) in [5.41, 5.74) is 0. The maximum Gasteiger partial charge on any atom is 0.508 e. The van der Waals surface area contributed by atoms with E-state index in [4.69, 9.17) is 18.9 Å². The molecule has 0 N–H and O–H groups in total. The van der Waals surface area contributed by atoms with Gasteiger partial charge in [-0.15, -0.1) is 0 Å². The largest absolute Gasteiger partial charge is 0.508 e. The number of rotatable bonds is 8. The number of carbonyl (C=O) groups excluding carboxylic acids is 1. The summed E-state index contributed by atoms with van der Waals surface area (Å²) in [6.07, 6.45) is -0.606. The molecular formula is C12H26O5. The zero-order valence-electron chi connectivity index (χ0n) is 10.5. The summed E-state index contributed by atoms with van der Waals surface area (Å²) in [6, 6.07) is 0. The highest BCUT2D eigenvalue weighted by atomic mass is 16.7. The normalized spacial score (nSPS) is 10.2. The average Bonchev–Trinajstić information content (AvgIpc) is 2.14. The summed E-state index contributed by atoms with van der Waals surface area (Å²) in [4.78, 5) is 10.9. The molecule has 17 heavy (non-hydrogen) atoms. The molecule has 0 aromatic heterocycles. The van der Waals surface area contributed by atoms with Crippen LogP contribution < -0.4 is 0 Å². The van der Waals surface area contributed by atoms with Crippen molar-refractivity contribution in [3.63, 3.8) is 0 Å². The molecule has 0 heterocycles. The monoisotopic (exact) mass is 250 g/mol. The van der Waals surface area contributed by atoms with Gasteiger partial charge >= 0.3 is 6.16 Å². The Labute approximate surface area is 104 Å². The van der Waals surface area contributed by atoms with Gasteiger partial charge in [0.25, 0.3) is 0 Å². The number of carbonyl (C=O) groups is 1. The molecule has 0 spiro atoms. The molecule has 0 unspecified atom stereocenters. The van der Waals surface area contributed by atoms with E-state index in [0.29, 0.717) is 19.8 Å². The fourth-order valence-corrected chi connectivity index (χ4v) is 0.855. The Balaban J connectivity index is 0. The van der Waals surface area contributed by atoms with Gasteiger partial charge in [0.2, 0.25) is 0 Å². The molecule has 5 heteroatoms. The second-order valence-corrected chi connectivity index (χ2v) is 3.80. The van der Waals surface area contributed by atoms with Gasteiger partial charge in [-0.25, -0.2) is 4.79 Å². The predicted octanol–water partition coefficient (Wildman–Crippen LogP) is 2.63. The summed E-state index contributed by atoms with van der Waals surface area (Å²) in [7, 11) is 0. The van der Waals surface area contributed by atoms with Crippen molar-refractivity contribution in [2.75, 3.05) is 26.4 Å². The van der Waals surface area contributed by atoms with Gasteiger partial charge in [-0.3, -0.25) is 0 Å². The third kappa shape index (κ3) is 15.2. The fourth-order valence-electron chi connectivity index (χ4n) is 0.855. The Morgan fingerprint density at radius 2 is 1.53 bits per heavy atom. The lowest BCUT2D eigenvalue weighted by Gasteiger charge is -2.09. The van der Waals surface area contributed by atoms with E-state index in [1.165, 1.54) is 0 Å². The molecule has 0 aliphatic carbocycles. The van der Waals surface area contributed by atoms with E-state index in [9.17, 15) is 4.79 Å². The van der Waals surface area contributed by atoms with Crippen LogP contribution in [0.3, 0.4) is 0 Å². The van der Waals surface area contributed by atoms with Crippen LogP contribution in [0.15, 0.2) is 0 Å². The van der Waals surface area contributed by atoms with E-state index >= 15 is 0 Å². The maximum atomic E-state index is 10.9. The Bertz CT molecular complexity index is 180. The lowest BCUT2D eigenvalue weighted by atomic mass is 10.5. The van der Waals surface area contributed by atoms with Crippen LogP contribution in [0, 0.1) is 0 Å². The standard InChI is InChI=1S/C11H22O5.CH4/c1-9(2)14-7-5-13-6-8-15-11(12)16-10(3)4;/h9-10H,5-8H2,1-4H3;1H4. The summed E-state index contributed by atoms with van der Waals surface area (Å²) >= 11 is 0. The molecule has 0 aliphatic rings. The topological polar surface area (TPSA) is 54.0 Å². The molecule has 0 aromatic rings. The highest BCUT2D eigenvalue weighted by Crippen LogP contribution is 1.92. The van der Waals surface area contributed by atoms with E-state index in [-0.39, 0.29) is 26.2 Å². The van der Waals surface area contributed by atoms with Gasteiger partial charge in [0, 0.05) is 0 Å². The summed E-state index contributed by atoms with van der Waals surface area (Å²) in [6.45, 7) is 9.06. The summed E-state index contributed by atoms with van der Waals surface area (Å²) in [5, 5.41) is 0. The van der Waals surface area contributed by atoms with Gasteiger partial charge in [0.05, 0.1) is 32.0 Å². The second kappa shape index (κ2) is 11.7. The van der Waals surface area contributed by atoms with Crippen molar-refractivity contribution in [2.24, 2.45) is 0 Å². The molecule has 5 nitrogen and oxygen atoms in total. The zero-order chi connectivity index (χ0) is 12.4. The van der Waals surface area contributed by atoms with Gasteiger partial charge in [-0.1, -0.05) is 7.43 Å². The van der Waals surface area contributed by atoms with Crippen molar-refractivity contribution < 1.29 is 23.7 Å². The van der Waals surface area contributed by atoms with Gasteiger partial charge in [-0.05, 0) is 27.7 Å². The van der Waals surface area contributed by atoms with E-state index in [1.54, 1.807) is 13.8 Å². The first-order valence-corrected chi connectivity index (χ1v) is 5.55. The molecule has 0 rings (SSSR count). The third-order valence-electron chi connectivity index (χ3n) is 1.46. The van der Waals surface area contributed by atoms with E-state index in [0.717, 1.165) is 0 Å². The van der Waals surface area contributed by atoms with Gasteiger partial charge in [0.1, 0.15) is 6.61 Å². The highest BCUT2D eigenvalue weighted by molar-refractivity contribution is 5.59. The molecule has 0 bridgehead atoms. The third-order valence-corrected chi connectivity index (χ3v) is 1.46. The van der Waals surface area contributed by atoms with Crippen LogP contribution in [0.2, 0.25) is 0 Å². The minimum Gasteiger partial charge on any atom is -0.432 e. The van der Waals surface area contributed by atoms with Crippen molar-refractivity contribution in [3.05, 3.63) is 0 Å². The van der Waals surface area contributed by atoms with Crippen molar-refractivity contribution in [2.45, 2.75) is 47.3 Å². The van der Waals surface area contributed by atoms with Crippen LogP contribution in [-0.2, 0) is 18.9 Å². The number of hydrogen-bond donors (Lipinski definition) is 0. The Morgan fingerprint density at radius 1 is 0.941 bits per heavy atom. The first-order valence-electron chi connectivity index (χ1n) is 5.55. The lowest BCUT2D eigenvalue weighted by Crippen LogP contribution is -2.17. The molecule has 0 saturated heterocycles. The van der Waals surface area contributed by atoms with Crippen LogP contribution >= 0.6 is 0 Å². The SMILES string of the molecule is C.CC(C)OCCOCCOC(=O)OC(C)C. The Morgan fingerprint density at radius 3 is 2.06 bits per heavy atom. The minimum atomic E-state index is -0.656. The van der Waals surface area contributed by atoms with Gasteiger partial charge in [-0.2, -0.15) is 0 Å². The average molecular weight is 250 g/mol. The van der Waals surface area contributed by atoms with Crippen LogP contribution in [0.4, 0.5) is 4.79 Å². The molecule has 0 atom stereocenters. The maximum absolute atomic E-state index is 10.9. The van der Waals surface area contributed by atoms with E-state index in [1.807, 2.05) is 13.8 Å². The molecule has 0 fully saturated rings. The van der Waals surface area contributed by atoms with E-state index < -0.39 is 6.16 Å². The molecular weight excluding hydrogens is 224 g/mol. The van der Waals surface area contributed by atoms with Crippen LogP contribution in [-0.4, -0.2) is 44.8 Å².